The first-order valence-corrected chi connectivity index (χ1v) is 8.37. The van der Waals surface area contributed by atoms with Crippen molar-refractivity contribution in [1.82, 2.24) is 4.72 Å². The van der Waals surface area contributed by atoms with Gasteiger partial charge >= 0.3 is 0 Å². The van der Waals surface area contributed by atoms with Crippen LogP contribution in [0, 0.1) is 5.92 Å². The van der Waals surface area contributed by atoms with Gasteiger partial charge in [0.25, 0.3) is 0 Å². The zero-order chi connectivity index (χ0) is 13.9. The van der Waals surface area contributed by atoms with Crippen molar-refractivity contribution in [3.05, 3.63) is 24.3 Å². The largest absolute Gasteiger partial charge is 0.399 e. The Balaban J connectivity index is 2.29. The molecule has 0 bridgehead atoms. The minimum atomic E-state index is -2.52. The molecule has 0 aromatic heterocycles. The highest BCUT2D eigenvalue weighted by atomic mass is 32.2. The van der Waals surface area contributed by atoms with E-state index in [2.05, 4.69) is 22.9 Å². The minimum absolute atomic E-state index is 0.334. The number of benzene rings is 1. The molecule has 3 N–H and O–H groups in total. The molecule has 1 aromatic carbocycles. The van der Waals surface area contributed by atoms with Crippen LogP contribution in [0.5, 0.6) is 0 Å². The Morgan fingerprint density at radius 2 is 2.00 bits per heavy atom. The van der Waals surface area contributed by atoms with Gasteiger partial charge in [0.2, 0.25) is 0 Å². The number of nitrogens with zero attached hydrogens (tertiary/aromatic N) is 1. The Morgan fingerprint density at radius 3 is 2.47 bits per heavy atom. The lowest BCUT2D eigenvalue weighted by molar-refractivity contribution is 0.389. The van der Waals surface area contributed by atoms with Gasteiger partial charge in [-0.05, 0) is 43.0 Å². The molecular formula is C14H23N3OS. The van der Waals surface area contributed by atoms with Gasteiger partial charge in [-0.2, -0.15) is 0 Å². The predicted molar refractivity (Wildman–Crippen MR) is 80.2 cm³/mol. The van der Waals surface area contributed by atoms with E-state index in [0.717, 1.165) is 17.7 Å². The molecule has 1 unspecified atom stereocenters. The van der Waals surface area contributed by atoms with Crippen molar-refractivity contribution in [2.75, 3.05) is 12.3 Å². The summed E-state index contributed by atoms with van der Waals surface area (Å²) in [7, 11) is -2.52. The minimum Gasteiger partial charge on any atom is -0.399 e. The van der Waals surface area contributed by atoms with E-state index in [1.807, 2.05) is 12.1 Å². The fourth-order valence-electron chi connectivity index (χ4n) is 1.84. The van der Waals surface area contributed by atoms with Gasteiger partial charge in [0, 0.05) is 11.7 Å². The Bertz CT molecular complexity index is 526. The van der Waals surface area contributed by atoms with Gasteiger partial charge in [0.1, 0.15) is 9.92 Å². The quantitative estimate of drug-likeness (QED) is 0.815. The summed E-state index contributed by atoms with van der Waals surface area (Å²) in [6, 6.07) is 7.52. The van der Waals surface area contributed by atoms with Crippen LogP contribution in [0.15, 0.2) is 33.5 Å². The van der Waals surface area contributed by atoms with E-state index >= 15 is 0 Å². The van der Waals surface area contributed by atoms with Crippen molar-refractivity contribution >= 4 is 15.6 Å². The van der Waals surface area contributed by atoms with Crippen LogP contribution in [0.2, 0.25) is 0 Å². The number of nitrogens with two attached hydrogens (primary N) is 1. The van der Waals surface area contributed by atoms with E-state index in [9.17, 15) is 4.21 Å². The van der Waals surface area contributed by atoms with E-state index in [0.29, 0.717) is 24.2 Å². The topological polar surface area (TPSA) is 67.5 Å². The summed E-state index contributed by atoms with van der Waals surface area (Å²) in [5, 5.41) is 0. The summed E-state index contributed by atoms with van der Waals surface area (Å²) in [5.41, 5.74) is 6.37. The van der Waals surface area contributed by atoms with Crippen LogP contribution in [-0.4, -0.2) is 16.8 Å². The van der Waals surface area contributed by atoms with Crippen LogP contribution >= 0.6 is 0 Å². The van der Waals surface area contributed by atoms with Gasteiger partial charge in [-0.1, -0.05) is 20.3 Å². The molecule has 19 heavy (non-hydrogen) atoms. The molecular weight excluding hydrogens is 258 g/mol. The molecule has 106 valence electrons. The third-order valence-corrected chi connectivity index (χ3v) is 5.33. The molecule has 2 rings (SSSR count). The van der Waals surface area contributed by atoms with Crippen LogP contribution in [0.4, 0.5) is 5.69 Å². The second-order valence-electron chi connectivity index (χ2n) is 5.55. The van der Waals surface area contributed by atoms with Crippen LogP contribution < -0.4 is 10.5 Å². The highest BCUT2D eigenvalue weighted by Gasteiger charge is 2.23. The number of nitrogens with one attached hydrogen (secondary N) is 1. The molecule has 4 nitrogen and oxygen atoms in total. The maximum atomic E-state index is 13.1. The number of anilines is 1. The molecule has 5 heteroatoms. The fraction of sp³-hybridized carbons (Fsp3) is 0.571. The average Bonchev–Trinajstić information content (AvgIpc) is 2.32. The Hall–Kier alpha value is -1.07. The van der Waals surface area contributed by atoms with Crippen molar-refractivity contribution in [2.24, 2.45) is 10.3 Å². The highest BCUT2D eigenvalue weighted by Crippen LogP contribution is 2.23. The summed E-state index contributed by atoms with van der Waals surface area (Å²) in [4.78, 5) is 0.731. The van der Waals surface area contributed by atoms with Crippen molar-refractivity contribution in [3.63, 3.8) is 0 Å². The molecule has 0 aliphatic heterocycles. The molecule has 1 fully saturated rings. The van der Waals surface area contributed by atoms with Gasteiger partial charge in [0.15, 0.2) is 0 Å². The fourth-order valence-corrected chi connectivity index (χ4v) is 3.90. The lowest BCUT2D eigenvalue weighted by atomic mass is 9.94. The number of rotatable bonds is 5. The Morgan fingerprint density at radius 1 is 1.37 bits per heavy atom. The second kappa shape index (κ2) is 5.92. The molecule has 0 amide bonds. The first kappa shape index (κ1) is 14.3. The smallest absolute Gasteiger partial charge is 0.137 e. The number of hydrogen-bond donors (Lipinski definition) is 2. The molecule has 1 aliphatic rings. The van der Waals surface area contributed by atoms with Crippen LogP contribution in [0.25, 0.3) is 0 Å². The van der Waals surface area contributed by atoms with Gasteiger partial charge in [0.05, 0.1) is 11.4 Å². The first-order chi connectivity index (χ1) is 8.99. The van der Waals surface area contributed by atoms with E-state index in [1.54, 1.807) is 12.1 Å². The maximum absolute atomic E-state index is 13.1. The molecule has 0 heterocycles. The Labute approximate surface area is 116 Å². The van der Waals surface area contributed by atoms with Crippen LogP contribution in [0.3, 0.4) is 0 Å². The lowest BCUT2D eigenvalue weighted by Crippen LogP contribution is -2.39. The molecule has 1 aliphatic carbocycles. The lowest BCUT2D eigenvalue weighted by Gasteiger charge is -2.28. The monoisotopic (exact) mass is 281 g/mol. The summed E-state index contributed by atoms with van der Waals surface area (Å²) in [6.45, 7) is 4.76. The third-order valence-electron chi connectivity index (χ3n) is 3.25. The summed E-state index contributed by atoms with van der Waals surface area (Å²) in [6.07, 6.45) is 3.38. The van der Waals surface area contributed by atoms with Crippen LogP contribution in [-0.2, 0) is 9.92 Å². The van der Waals surface area contributed by atoms with Gasteiger partial charge in [-0.15, -0.1) is 0 Å². The van der Waals surface area contributed by atoms with E-state index in [-0.39, 0.29) is 0 Å². The second-order valence-corrected chi connectivity index (χ2v) is 7.56. The molecule has 1 aromatic rings. The maximum Gasteiger partial charge on any atom is 0.137 e. The Kier molecular flexibility index (Phi) is 4.47. The highest BCUT2D eigenvalue weighted by molar-refractivity contribution is 7.91. The normalized spacial score (nSPS) is 18.9. The summed E-state index contributed by atoms with van der Waals surface area (Å²) >= 11 is 0. The predicted octanol–water partition coefficient (Wildman–Crippen LogP) is 2.81. The van der Waals surface area contributed by atoms with Crippen molar-refractivity contribution < 1.29 is 4.21 Å². The molecule has 1 saturated carbocycles. The van der Waals surface area contributed by atoms with Crippen LogP contribution in [0.1, 0.15) is 33.1 Å². The average molecular weight is 281 g/mol. The van der Waals surface area contributed by atoms with E-state index in [1.165, 1.54) is 6.42 Å². The molecule has 0 saturated heterocycles. The molecule has 0 spiro atoms. The third kappa shape index (κ3) is 3.70. The first-order valence-electron chi connectivity index (χ1n) is 6.85. The zero-order valence-electron chi connectivity index (χ0n) is 11.6. The number of hydrogen-bond acceptors (Lipinski definition) is 3. The van der Waals surface area contributed by atoms with Crippen molar-refractivity contribution in [2.45, 2.75) is 44.0 Å². The van der Waals surface area contributed by atoms with Gasteiger partial charge in [-0.3, -0.25) is 0 Å². The number of nitrogen functional groups attached to an aromatic ring is 1. The summed E-state index contributed by atoms with van der Waals surface area (Å²) in [5.74, 6) is 0.401. The SMILES string of the molecule is CC(C)CN=S(=O)(NC1CCC1)c1ccc(N)cc1. The van der Waals surface area contributed by atoms with E-state index in [4.69, 9.17) is 5.73 Å². The van der Waals surface area contributed by atoms with Crippen molar-refractivity contribution in [1.29, 1.82) is 0 Å². The standard InChI is InChI=1S/C14H23N3OS/c1-11(2)10-16-19(18,17-13-4-3-5-13)14-8-6-12(15)7-9-14/h6-9,11,13H,3-5,10,15H2,1-2H3,(H,16,17,18). The summed E-state index contributed by atoms with van der Waals surface area (Å²) < 4.78 is 20.8. The van der Waals surface area contributed by atoms with E-state index < -0.39 is 9.92 Å². The zero-order valence-corrected chi connectivity index (χ0v) is 12.5. The van der Waals surface area contributed by atoms with Gasteiger partial charge in [-0.25, -0.2) is 13.3 Å². The van der Waals surface area contributed by atoms with Gasteiger partial charge < -0.3 is 5.73 Å². The molecule has 1 atom stereocenters. The van der Waals surface area contributed by atoms with Crippen molar-refractivity contribution in [3.8, 4) is 0 Å². The molecule has 0 radical (unpaired) electrons.